The minimum absolute atomic E-state index is 0.137. The highest BCUT2D eigenvalue weighted by Crippen LogP contribution is 2.22. The lowest BCUT2D eigenvalue weighted by atomic mass is 10.4. The van der Waals surface area contributed by atoms with Crippen LogP contribution in [0.4, 0.5) is 5.82 Å². The average molecular weight is 377 g/mol. The van der Waals surface area contributed by atoms with E-state index in [9.17, 15) is 9.59 Å². The van der Waals surface area contributed by atoms with Crippen LogP contribution in [-0.2, 0) is 11.3 Å². The first-order valence-corrected chi connectivity index (χ1v) is 8.91. The lowest BCUT2D eigenvalue weighted by molar-refractivity contribution is 0.0606. The van der Waals surface area contributed by atoms with Crippen LogP contribution in [-0.4, -0.2) is 39.2 Å². The molecule has 3 aromatic rings. The van der Waals surface area contributed by atoms with Crippen LogP contribution in [0.25, 0.3) is 11.2 Å². The van der Waals surface area contributed by atoms with Crippen LogP contribution in [0.3, 0.4) is 0 Å². The summed E-state index contributed by atoms with van der Waals surface area (Å²) >= 11 is 1.25. The van der Waals surface area contributed by atoms with Gasteiger partial charge in [-0.25, -0.2) is 9.59 Å². The van der Waals surface area contributed by atoms with Crippen LogP contribution in [0.2, 0.25) is 0 Å². The van der Waals surface area contributed by atoms with Gasteiger partial charge in [0.05, 0.1) is 20.3 Å². The van der Waals surface area contributed by atoms with Crippen LogP contribution < -0.4 is 16.2 Å². The Hall–Kier alpha value is -2.88. The number of aromatic amines is 1. The fourth-order valence-electron chi connectivity index (χ4n) is 2.38. The van der Waals surface area contributed by atoms with Crippen LogP contribution >= 0.6 is 11.3 Å². The Morgan fingerprint density at radius 1 is 1.38 bits per heavy atom. The number of H-pyrrole nitrogens is 1. The van der Waals surface area contributed by atoms with Gasteiger partial charge < -0.3 is 20.2 Å². The van der Waals surface area contributed by atoms with Gasteiger partial charge in [-0.3, -0.25) is 4.57 Å². The summed E-state index contributed by atoms with van der Waals surface area (Å²) < 4.78 is 11.6. The molecule has 0 spiro atoms. The minimum Gasteiger partial charge on any atom is -0.465 e. The van der Waals surface area contributed by atoms with Crippen molar-refractivity contribution in [2.75, 3.05) is 19.5 Å². The molecular formula is C16H19N5O4S. The van der Waals surface area contributed by atoms with E-state index in [-0.39, 0.29) is 24.1 Å². The summed E-state index contributed by atoms with van der Waals surface area (Å²) in [5.74, 6) is -0.260. The number of ether oxygens (including phenoxy) is 2. The Labute approximate surface area is 152 Å². The van der Waals surface area contributed by atoms with Gasteiger partial charge in [0.2, 0.25) is 0 Å². The number of esters is 1. The molecule has 0 bridgehead atoms. The predicted octanol–water partition coefficient (Wildman–Crippen LogP) is 1.78. The van der Waals surface area contributed by atoms with Crippen molar-refractivity contribution in [2.24, 2.45) is 0 Å². The maximum absolute atomic E-state index is 12.3. The molecule has 0 radical (unpaired) electrons. The number of nitrogens with one attached hydrogen (secondary N) is 1. The summed E-state index contributed by atoms with van der Waals surface area (Å²) in [4.78, 5) is 36.2. The standard InChI is InChI=1S/C16H19N5O4S/c1-3-4-7-25-15-19-12(17)11-13(20-15)21(16(23)18-11)8-9-5-6-10(26-9)14(22)24-2/h5-6H,3-4,7-8H2,1-2H3,(H,18,23)(H2,17,19,20). The molecule has 0 amide bonds. The molecule has 3 aromatic heterocycles. The van der Waals surface area contributed by atoms with Crippen molar-refractivity contribution >= 4 is 34.3 Å². The van der Waals surface area contributed by atoms with Gasteiger partial charge in [0.15, 0.2) is 11.5 Å². The first-order chi connectivity index (χ1) is 12.5. The largest absolute Gasteiger partial charge is 0.465 e. The van der Waals surface area contributed by atoms with E-state index in [1.165, 1.54) is 23.0 Å². The normalized spacial score (nSPS) is 11.0. The molecule has 3 heterocycles. The third-order valence-electron chi connectivity index (χ3n) is 3.72. The third-order valence-corrected chi connectivity index (χ3v) is 4.77. The quantitative estimate of drug-likeness (QED) is 0.475. The summed E-state index contributed by atoms with van der Waals surface area (Å²) in [5.41, 5.74) is 6.29. The number of methoxy groups -OCH3 is 1. The number of thiophene rings is 1. The molecule has 10 heteroatoms. The molecule has 0 aliphatic carbocycles. The number of nitrogen functional groups attached to an aromatic ring is 1. The highest BCUT2D eigenvalue weighted by Gasteiger charge is 2.16. The fourth-order valence-corrected chi connectivity index (χ4v) is 3.29. The number of anilines is 1. The zero-order chi connectivity index (χ0) is 18.7. The molecule has 138 valence electrons. The summed E-state index contributed by atoms with van der Waals surface area (Å²) in [6.45, 7) is 2.77. The van der Waals surface area contributed by atoms with Gasteiger partial charge in [-0.2, -0.15) is 9.97 Å². The van der Waals surface area contributed by atoms with Gasteiger partial charge in [-0.1, -0.05) is 13.3 Å². The second kappa shape index (κ2) is 7.56. The summed E-state index contributed by atoms with van der Waals surface area (Å²) in [6.07, 6.45) is 1.85. The number of carbonyl (C=O) groups excluding carboxylic acids is 1. The number of nitrogens with zero attached hydrogens (tertiary/aromatic N) is 3. The van der Waals surface area contributed by atoms with Gasteiger partial charge >= 0.3 is 17.7 Å². The molecule has 0 saturated carbocycles. The number of nitrogens with two attached hydrogens (primary N) is 1. The average Bonchev–Trinajstić information content (AvgIpc) is 3.21. The van der Waals surface area contributed by atoms with Crippen molar-refractivity contribution in [1.82, 2.24) is 19.5 Å². The number of fused-ring (bicyclic) bond motifs is 1. The minimum atomic E-state index is -0.411. The van der Waals surface area contributed by atoms with Gasteiger partial charge in [0, 0.05) is 4.88 Å². The number of carbonyl (C=O) groups is 1. The van der Waals surface area contributed by atoms with E-state index in [0.717, 1.165) is 17.7 Å². The third kappa shape index (κ3) is 3.54. The molecule has 9 nitrogen and oxygen atoms in total. The van der Waals surface area contributed by atoms with E-state index < -0.39 is 5.97 Å². The van der Waals surface area contributed by atoms with Crippen LogP contribution in [0.5, 0.6) is 6.01 Å². The smallest absolute Gasteiger partial charge is 0.348 e. The number of rotatable bonds is 7. The lowest BCUT2D eigenvalue weighted by Gasteiger charge is -2.06. The van der Waals surface area contributed by atoms with E-state index in [1.807, 2.05) is 0 Å². The van der Waals surface area contributed by atoms with Crippen LogP contribution in [0.1, 0.15) is 34.3 Å². The molecular weight excluding hydrogens is 358 g/mol. The van der Waals surface area contributed by atoms with Crippen molar-refractivity contribution in [3.05, 3.63) is 32.4 Å². The van der Waals surface area contributed by atoms with Gasteiger partial charge in [-0.05, 0) is 18.6 Å². The zero-order valence-electron chi connectivity index (χ0n) is 14.4. The first-order valence-electron chi connectivity index (χ1n) is 8.09. The Bertz CT molecular complexity index is 990. The Balaban J connectivity index is 1.94. The van der Waals surface area contributed by atoms with E-state index in [2.05, 4.69) is 21.9 Å². The molecule has 0 atom stereocenters. The van der Waals surface area contributed by atoms with Crippen LogP contribution in [0.15, 0.2) is 16.9 Å². The van der Waals surface area contributed by atoms with Gasteiger partial charge in [0.25, 0.3) is 0 Å². The predicted molar refractivity (Wildman–Crippen MR) is 97.7 cm³/mol. The number of imidazole rings is 1. The van der Waals surface area contributed by atoms with Crippen molar-refractivity contribution in [3.63, 3.8) is 0 Å². The lowest BCUT2D eigenvalue weighted by Crippen LogP contribution is -2.17. The first kappa shape index (κ1) is 17.9. The molecule has 3 rings (SSSR count). The Morgan fingerprint density at radius 3 is 2.92 bits per heavy atom. The summed E-state index contributed by atoms with van der Waals surface area (Å²) in [7, 11) is 1.33. The summed E-state index contributed by atoms with van der Waals surface area (Å²) in [6, 6.07) is 3.57. The second-order valence-electron chi connectivity index (χ2n) is 5.57. The van der Waals surface area contributed by atoms with E-state index in [1.54, 1.807) is 12.1 Å². The number of unbranched alkanes of at least 4 members (excludes halogenated alkanes) is 1. The van der Waals surface area contributed by atoms with Crippen molar-refractivity contribution < 1.29 is 14.3 Å². The molecule has 0 aliphatic heterocycles. The molecule has 0 aliphatic rings. The van der Waals surface area contributed by atoms with E-state index in [0.29, 0.717) is 22.6 Å². The molecule has 3 N–H and O–H groups in total. The monoisotopic (exact) mass is 377 g/mol. The molecule has 0 aromatic carbocycles. The Morgan fingerprint density at radius 2 is 2.19 bits per heavy atom. The highest BCUT2D eigenvalue weighted by molar-refractivity contribution is 7.13. The second-order valence-corrected chi connectivity index (χ2v) is 6.73. The van der Waals surface area contributed by atoms with Crippen molar-refractivity contribution in [3.8, 4) is 6.01 Å². The van der Waals surface area contributed by atoms with Crippen molar-refractivity contribution in [1.29, 1.82) is 0 Å². The number of aromatic nitrogens is 4. The van der Waals surface area contributed by atoms with Crippen molar-refractivity contribution in [2.45, 2.75) is 26.3 Å². The molecule has 0 unspecified atom stereocenters. The number of hydrogen-bond acceptors (Lipinski definition) is 8. The maximum atomic E-state index is 12.3. The highest BCUT2D eigenvalue weighted by atomic mass is 32.1. The van der Waals surface area contributed by atoms with Gasteiger partial charge in [-0.15, -0.1) is 11.3 Å². The Kier molecular flexibility index (Phi) is 5.21. The summed E-state index contributed by atoms with van der Waals surface area (Å²) in [5, 5.41) is 0. The maximum Gasteiger partial charge on any atom is 0.348 e. The molecule has 26 heavy (non-hydrogen) atoms. The van der Waals surface area contributed by atoms with E-state index in [4.69, 9.17) is 15.2 Å². The molecule has 0 fully saturated rings. The van der Waals surface area contributed by atoms with Gasteiger partial charge in [0.1, 0.15) is 10.4 Å². The zero-order valence-corrected chi connectivity index (χ0v) is 15.3. The van der Waals surface area contributed by atoms with Crippen LogP contribution in [0, 0.1) is 0 Å². The topological polar surface area (TPSA) is 125 Å². The SMILES string of the molecule is CCCCOc1nc(N)c2[nH]c(=O)n(Cc3ccc(C(=O)OC)s3)c2n1. The molecule has 0 saturated heterocycles. The number of hydrogen-bond donors (Lipinski definition) is 2. The van der Waals surface area contributed by atoms with E-state index >= 15 is 0 Å². The fraction of sp³-hybridized carbons (Fsp3) is 0.375.